The molecule has 0 aromatic heterocycles. The van der Waals surface area contributed by atoms with Crippen LogP contribution in [0.5, 0.6) is 11.5 Å². The minimum atomic E-state index is -0.102. The molecule has 0 aliphatic heterocycles. The number of anilines is 2. The molecule has 3 aromatic rings. The van der Waals surface area contributed by atoms with Gasteiger partial charge < -0.3 is 16.2 Å². The minimum Gasteiger partial charge on any atom is -0.457 e. The van der Waals surface area contributed by atoms with E-state index in [1.165, 1.54) is 0 Å². The number of hydrogen-bond donors (Lipinski definition) is 2. The smallest absolute Gasteiger partial charge is 0.193 e. The van der Waals surface area contributed by atoms with E-state index in [-0.39, 0.29) is 5.78 Å². The van der Waals surface area contributed by atoms with E-state index >= 15 is 0 Å². The highest BCUT2D eigenvalue weighted by atomic mass is 16.5. The molecule has 0 saturated carbocycles. The molecular formula is C19H16N2O2. The predicted octanol–water partition coefficient (Wildman–Crippen LogP) is 3.87. The van der Waals surface area contributed by atoms with Crippen LogP contribution in [-0.2, 0) is 0 Å². The van der Waals surface area contributed by atoms with E-state index < -0.39 is 0 Å². The van der Waals surface area contributed by atoms with Gasteiger partial charge in [-0.3, -0.25) is 4.79 Å². The monoisotopic (exact) mass is 304 g/mol. The third kappa shape index (κ3) is 3.49. The lowest BCUT2D eigenvalue weighted by atomic mass is 10.0. The van der Waals surface area contributed by atoms with Crippen LogP contribution >= 0.6 is 0 Å². The molecule has 4 N–H and O–H groups in total. The molecule has 3 aromatic carbocycles. The fraction of sp³-hybridized carbons (Fsp3) is 0. The van der Waals surface area contributed by atoms with Gasteiger partial charge in [0.1, 0.15) is 11.5 Å². The number of benzene rings is 3. The first-order valence-corrected chi connectivity index (χ1v) is 7.15. The zero-order chi connectivity index (χ0) is 16.2. The predicted molar refractivity (Wildman–Crippen MR) is 91.7 cm³/mol. The lowest BCUT2D eigenvalue weighted by Gasteiger charge is -2.09. The van der Waals surface area contributed by atoms with Crippen LogP contribution < -0.4 is 16.2 Å². The molecule has 0 saturated heterocycles. The lowest BCUT2D eigenvalue weighted by molar-refractivity contribution is 0.103. The molecule has 0 heterocycles. The number of carbonyl (C=O) groups excluding carboxylic acids is 1. The molecule has 0 spiro atoms. The van der Waals surface area contributed by atoms with Gasteiger partial charge in [-0.05, 0) is 24.3 Å². The Balaban J connectivity index is 1.92. The molecule has 0 atom stereocenters. The molecule has 0 amide bonds. The van der Waals surface area contributed by atoms with Gasteiger partial charge in [-0.2, -0.15) is 0 Å². The molecule has 23 heavy (non-hydrogen) atoms. The number of carbonyl (C=O) groups is 1. The van der Waals surface area contributed by atoms with Crippen molar-refractivity contribution in [1.82, 2.24) is 0 Å². The summed E-state index contributed by atoms with van der Waals surface area (Å²) in [6.07, 6.45) is 0. The van der Waals surface area contributed by atoms with E-state index in [9.17, 15) is 4.79 Å². The second kappa shape index (κ2) is 6.23. The molecule has 3 rings (SSSR count). The lowest BCUT2D eigenvalue weighted by Crippen LogP contribution is -2.02. The molecule has 0 aliphatic carbocycles. The Labute approximate surface area is 134 Å². The summed E-state index contributed by atoms with van der Waals surface area (Å²) < 4.78 is 5.75. The van der Waals surface area contributed by atoms with Gasteiger partial charge >= 0.3 is 0 Å². The molecular weight excluding hydrogens is 288 g/mol. The first kappa shape index (κ1) is 14.7. The molecule has 4 heteroatoms. The number of ether oxygens (including phenoxy) is 1. The van der Waals surface area contributed by atoms with E-state index in [4.69, 9.17) is 16.2 Å². The van der Waals surface area contributed by atoms with Crippen molar-refractivity contribution in [3.05, 3.63) is 83.9 Å². The van der Waals surface area contributed by atoms with Crippen molar-refractivity contribution in [2.75, 3.05) is 11.5 Å². The molecule has 0 aliphatic rings. The van der Waals surface area contributed by atoms with Gasteiger partial charge in [-0.15, -0.1) is 0 Å². The van der Waals surface area contributed by atoms with Crippen molar-refractivity contribution in [3.8, 4) is 11.5 Å². The Bertz CT molecular complexity index is 845. The molecule has 0 fully saturated rings. The molecule has 0 radical (unpaired) electrons. The van der Waals surface area contributed by atoms with Crippen molar-refractivity contribution >= 4 is 17.2 Å². The molecule has 4 nitrogen and oxygen atoms in total. The van der Waals surface area contributed by atoms with Crippen molar-refractivity contribution in [1.29, 1.82) is 0 Å². The third-order valence-corrected chi connectivity index (χ3v) is 3.32. The Morgan fingerprint density at radius 2 is 1.43 bits per heavy atom. The van der Waals surface area contributed by atoms with Gasteiger partial charge in [0.15, 0.2) is 5.78 Å². The van der Waals surface area contributed by atoms with Gasteiger partial charge in [0, 0.05) is 34.6 Å². The maximum atomic E-state index is 12.5. The zero-order valence-electron chi connectivity index (χ0n) is 12.4. The second-order valence-corrected chi connectivity index (χ2v) is 5.16. The number of ketones is 1. The molecule has 0 unspecified atom stereocenters. The van der Waals surface area contributed by atoms with Crippen LogP contribution in [0, 0.1) is 0 Å². The van der Waals surface area contributed by atoms with Gasteiger partial charge in [-0.1, -0.05) is 36.4 Å². The van der Waals surface area contributed by atoms with Crippen molar-refractivity contribution in [3.63, 3.8) is 0 Å². The highest BCUT2D eigenvalue weighted by Crippen LogP contribution is 2.27. The number of nitrogens with two attached hydrogens (primary N) is 2. The summed E-state index contributed by atoms with van der Waals surface area (Å²) in [4.78, 5) is 12.5. The summed E-state index contributed by atoms with van der Waals surface area (Å²) in [6, 6.07) is 21.1. The number of rotatable bonds is 4. The Morgan fingerprint density at radius 1 is 0.696 bits per heavy atom. The van der Waals surface area contributed by atoms with Crippen molar-refractivity contribution < 1.29 is 9.53 Å². The summed E-state index contributed by atoms with van der Waals surface area (Å²) in [5.74, 6) is 0.985. The van der Waals surface area contributed by atoms with Crippen LogP contribution in [0.25, 0.3) is 0 Å². The average Bonchev–Trinajstić information content (AvgIpc) is 2.54. The second-order valence-electron chi connectivity index (χ2n) is 5.16. The summed E-state index contributed by atoms with van der Waals surface area (Å²) in [5.41, 5.74) is 13.8. The molecule has 114 valence electrons. The first-order chi connectivity index (χ1) is 11.1. The van der Waals surface area contributed by atoms with E-state index in [2.05, 4.69) is 0 Å². The zero-order valence-corrected chi connectivity index (χ0v) is 12.4. The van der Waals surface area contributed by atoms with Gasteiger partial charge in [0.2, 0.25) is 0 Å². The van der Waals surface area contributed by atoms with Crippen LogP contribution in [-0.4, -0.2) is 5.78 Å². The maximum absolute atomic E-state index is 12.5. The summed E-state index contributed by atoms with van der Waals surface area (Å²) in [7, 11) is 0. The highest BCUT2D eigenvalue weighted by molar-refractivity contribution is 6.09. The van der Waals surface area contributed by atoms with Crippen molar-refractivity contribution in [2.24, 2.45) is 0 Å². The standard InChI is InChI=1S/C19H16N2O2/c20-15-7-4-8-17(11-15)23-18-10-14(9-16(21)12-18)19(22)13-5-2-1-3-6-13/h1-12H,20-21H2. The van der Waals surface area contributed by atoms with E-state index in [1.54, 1.807) is 54.6 Å². The van der Waals surface area contributed by atoms with Crippen LogP contribution in [0.2, 0.25) is 0 Å². The van der Waals surface area contributed by atoms with Gasteiger partial charge in [-0.25, -0.2) is 0 Å². The van der Waals surface area contributed by atoms with Gasteiger partial charge in [0.25, 0.3) is 0 Å². The summed E-state index contributed by atoms with van der Waals surface area (Å²) >= 11 is 0. The van der Waals surface area contributed by atoms with Crippen LogP contribution in [0.3, 0.4) is 0 Å². The fourth-order valence-corrected chi connectivity index (χ4v) is 2.28. The average molecular weight is 304 g/mol. The fourth-order valence-electron chi connectivity index (χ4n) is 2.28. The Morgan fingerprint density at radius 3 is 2.17 bits per heavy atom. The van der Waals surface area contributed by atoms with E-state index in [0.29, 0.717) is 34.0 Å². The van der Waals surface area contributed by atoms with Crippen LogP contribution in [0.15, 0.2) is 72.8 Å². The SMILES string of the molecule is Nc1cccc(Oc2cc(N)cc(C(=O)c3ccccc3)c2)c1. The van der Waals surface area contributed by atoms with Crippen LogP contribution in [0.4, 0.5) is 11.4 Å². The number of hydrogen-bond acceptors (Lipinski definition) is 4. The van der Waals surface area contributed by atoms with Crippen molar-refractivity contribution in [2.45, 2.75) is 0 Å². The number of nitrogen functional groups attached to an aromatic ring is 2. The van der Waals surface area contributed by atoms with Crippen LogP contribution in [0.1, 0.15) is 15.9 Å². The Hall–Kier alpha value is -3.27. The minimum absolute atomic E-state index is 0.102. The molecule has 0 bridgehead atoms. The summed E-state index contributed by atoms with van der Waals surface area (Å²) in [6.45, 7) is 0. The normalized spacial score (nSPS) is 10.3. The largest absolute Gasteiger partial charge is 0.457 e. The third-order valence-electron chi connectivity index (χ3n) is 3.32. The Kier molecular flexibility index (Phi) is 3.97. The summed E-state index contributed by atoms with van der Waals surface area (Å²) in [5, 5.41) is 0. The topological polar surface area (TPSA) is 78.3 Å². The first-order valence-electron chi connectivity index (χ1n) is 7.15. The van der Waals surface area contributed by atoms with E-state index in [0.717, 1.165) is 0 Å². The van der Waals surface area contributed by atoms with Gasteiger partial charge in [0.05, 0.1) is 0 Å². The maximum Gasteiger partial charge on any atom is 0.193 e. The van der Waals surface area contributed by atoms with E-state index in [1.807, 2.05) is 18.2 Å². The quantitative estimate of drug-likeness (QED) is 0.566. The highest BCUT2D eigenvalue weighted by Gasteiger charge is 2.11.